The molecule has 115 valence electrons. The Labute approximate surface area is 131 Å². The number of ether oxygens (including phenoxy) is 1. The molecule has 1 fully saturated rings. The summed E-state index contributed by atoms with van der Waals surface area (Å²) in [5.74, 6) is 0. The van der Waals surface area contributed by atoms with Crippen molar-refractivity contribution in [3.8, 4) is 0 Å². The van der Waals surface area contributed by atoms with Crippen molar-refractivity contribution >= 4 is 17.7 Å². The second-order valence-electron chi connectivity index (χ2n) is 5.52. The Bertz CT molecular complexity index is 476. The van der Waals surface area contributed by atoms with Gasteiger partial charge in [-0.05, 0) is 43.4 Å². The maximum Gasteiger partial charge on any atom is 0.407 e. The minimum atomic E-state index is -0.329. The molecule has 1 heterocycles. The summed E-state index contributed by atoms with van der Waals surface area (Å²) in [6.07, 6.45) is 2.19. The first-order chi connectivity index (χ1) is 10.1. The summed E-state index contributed by atoms with van der Waals surface area (Å²) >= 11 is 6.14. The number of hydrogen-bond acceptors (Lipinski definition) is 2. The molecule has 0 bridgehead atoms. The molecule has 0 aliphatic carbocycles. The van der Waals surface area contributed by atoms with E-state index in [2.05, 4.69) is 10.6 Å². The maximum atomic E-state index is 11.7. The molecule has 2 rings (SSSR count). The zero-order chi connectivity index (χ0) is 15.2. The minimum absolute atomic E-state index is 0.204. The van der Waals surface area contributed by atoms with E-state index in [0.29, 0.717) is 13.0 Å². The molecular formula is C16H22ClN2O2. The second kappa shape index (κ2) is 7.66. The Hall–Kier alpha value is -1.26. The van der Waals surface area contributed by atoms with Gasteiger partial charge < -0.3 is 10.1 Å². The quantitative estimate of drug-likeness (QED) is 0.929. The first-order valence-electron chi connectivity index (χ1n) is 7.38. The molecule has 1 amide bonds. The number of hydrogen-bond donors (Lipinski definition) is 1. The number of aryl methyl sites for hydroxylation is 2. The van der Waals surface area contributed by atoms with E-state index in [4.69, 9.17) is 16.3 Å². The van der Waals surface area contributed by atoms with Crippen LogP contribution in [0.15, 0.2) is 12.1 Å². The van der Waals surface area contributed by atoms with Crippen molar-refractivity contribution in [2.24, 2.45) is 0 Å². The topological polar surface area (TPSA) is 52.4 Å². The Balaban J connectivity index is 1.74. The highest BCUT2D eigenvalue weighted by Crippen LogP contribution is 2.22. The third-order valence-corrected chi connectivity index (χ3v) is 4.31. The highest BCUT2D eigenvalue weighted by atomic mass is 35.5. The van der Waals surface area contributed by atoms with Crippen LogP contribution in [0.3, 0.4) is 0 Å². The van der Waals surface area contributed by atoms with Crippen molar-refractivity contribution in [2.45, 2.75) is 39.2 Å². The summed E-state index contributed by atoms with van der Waals surface area (Å²) in [5.41, 5.74) is 3.25. The first kappa shape index (κ1) is 16.1. The van der Waals surface area contributed by atoms with Crippen LogP contribution in [-0.4, -0.2) is 31.8 Å². The van der Waals surface area contributed by atoms with Crippen molar-refractivity contribution in [1.82, 2.24) is 10.6 Å². The van der Waals surface area contributed by atoms with Crippen molar-refractivity contribution in [2.75, 3.05) is 19.7 Å². The molecule has 1 saturated heterocycles. The summed E-state index contributed by atoms with van der Waals surface area (Å²) in [6.45, 7) is 6.01. The summed E-state index contributed by atoms with van der Waals surface area (Å²) in [7, 11) is 0. The van der Waals surface area contributed by atoms with Crippen molar-refractivity contribution in [3.05, 3.63) is 33.8 Å². The number of nitrogens with one attached hydrogen (secondary N) is 1. The lowest BCUT2D eigenvalue weighted by Crippen LogP contribution is -2.41. The summed E-state index contributed by atoms with van der Waals surface area (Å²) in [5, 5.41) is 7.96. The molecule has 21 heavy (non-hydrogen) atoms. The van der Waals surface area contributed by atoms with E-state index in [1.165, 1.54) is 0 Å². The fraction of sp³-hybridized carbons (Fsp3) is 0.562. The third-order valence-electron chi connectivity index (χ3n) is 3.71. The molecule has 1 aliphatic rings. The first-order valence-corrected chi connectivity index (χ1v) is 7.76. The molecule has 0 atom stereocenters. The SMILES string of the molecule is Cc1cc(CCOC(=O)NC2CC[N]CC2)cc(C)c1Cl. The molecule has 0 aromatic heterocycles. The van der Waals surface area contributed by atoms with Crippen LogP contribution in [0.25, 0.3) is 0 Å². The molecule has 0 spiro atoms. The van der Waals surface area contributed by atoms with E-state index in [9.17, 15) is 4.79 Å². The van der Waals surface area contributed by atoms with Gasteiger partial charge in [-0.15, -0.1) is 0 Å². The molecule has 4 nitrogen and oxygen atoms in total. The lowest BCUT2D eigenvalue weighted by atomic mass is 10.1. The van der Waals surface area contributed by atoms with Crippen LogP contribution in [0.5, 0.6) is 0 Å². The molecule has 1 aliphatic heterocycles. The average molecular weight is 310 g/mol. The van der Waals surface area contributed by atoms with Crippen LogP contribution in [0.1, 0.15) is 29.5 Å². The van der Waals surface area contributed by atoms with Crippen LogP contribution < -0.4 is 10.6 Å². The third kappa shape index (κ3) is 4.90. The van der Waals surface area contributed by atoms with E-state index in [1.807, 2.05) is 26.0 Å². The van der Waals surface area contributed by atoms with Gasteiger partial charge in [0.2, 0.25) is 0 Å². The number of carbonyl (C=O) groups is 1. The number of piperidine rings is 1. The number of carbonyl (C=O) groups excluding carboxylic acids is 1. The normalized spacial score (nSPS) is 15.8. The molecule has 1 aromatic rings. The van der Waals surface area contributed by atoms with Crippen LogP contribution >= 0.6 is 11.6 Å². The molecule has 1 radical (unpaired) electrons. The zero-order valence-electron chi connectivity index (χ0n) is 12.6. The van der Waals surface area contributed by atoms with Gasteiger partial charge in [-0.3, -0.25) is 0 Å². The van der Waals surface area contributed by atoms with Crippen molar-refractivity contribution in [1.29, 1.82) is 0 Å². The Morgan fingerprint density at radius 2 is 1.95 bits per heavy atom. The van der Waals surface area contributed by atoms with Gasteiger partial charge in [0.05, 0.1) is 6.61 Å². The Kier molecular flexibility index (Phi) is 5.88. The molecular weight excluding hydrogens is 288 g/mol. The molecule has 5 heteroatoms. The van der Waals surface area contributed by atoms with Crippen LogP contribution in [0.2, 0.25) is 5.02 Å². The number of benzene rings is 1. The average Bonchev–Trinajstić information content (AvgIpc) is 2.45. The van der Waals surface area contributed by atoms with Gasteiger partial charge in [-0.2, -0.15) is 0 Å². The van der Waals surface area contributed by atoms with Gasteiger partial charge >= 0.3 is 6.09 Å². The van der Waals surface area contributed by atoms with Gasteiger partial charge in [0, 0.05) is 30.6 Å². The lowest BCUT2D eigenvalue weighted by molar-refractivity contribution is 0.141. The van der Waals surface area contributed by atoms with E-state index in [0.717, 1.165) is 47.6 Å². The highest BCUT2D eigenvalue weighted by molar-refractivity contribution is 6.32. The van der Waals surface area contributed by atoms with Crippen LogP contribution in [0.4, 0.5) is 4.79 Å². The van der Waals surface area contributed by atoms with E-state index < -0.39 is 0 Å². The monoisotopic (exact) mass is 309 g/mol. The summed E-state index contributed by atoms with van der Waals surface area (Å²) in [4.78, 5) is 11.7. The van der Waals surface area contributed by atoms with Crippen LogP contribution in [-0.2, 0) is 11.2 Å². The Morgan fingerprint density at radius 1 is 1.33 bits per heavy atom. The largest absolute Gasteiger partial charge is 0.449 e. The fourth-order valence-electron chi connectivity index (χ4n) is 2.54. The van der Waals surface area contributed by atoms with E-state index in [1.54, 1.807) is 0 Å². The van der Waals surface area contributed by atoms with Gasteiger partial charge in [0.15, 0.2) is 0 Å². The smallest absolute Gasteiger partial charge is 0.407 e. The number of nitrogens with zero attached hydrogens (tertiary/aromatic N) is 1. The molecule has 1 N–H and O–H groups in total. The predicted molar refractivity (Wildman–Crippen MR) is 84.0 cm³/mol. The minimum Gasteiger partial charge on any atom is -0.449 e. The summed E-state index contributed by atoms with van der Waals surface area (Å²) < 4.78 is 5.25. The van der Waals surface area contributed by atoms with Crippen LogP contribution in [0, 0.1) is 13.8 Å². The second-order valence-corrected chi connectivity index (χ2v) is 5.90. The number of halogens is 1. The number of rotatable bonds is 4. The fourth-order valence-corrected chi connectivity index (χ4v) is 2.65. The van der Waals surface area contributed by atoms with Gasteiger partial charge in [-0.1, -0.05) is 23.7 Å². The maximum absolute atomic E-state index is 11.7. The van der Waals surface area contributed by atoms with Gasteiger partial charge in [-0.25, -0.2) is 10.1 Å². The number of amides is 1. The van der Waals surface area contributed by atoms with Gasteiger partial charge in [0.25, 0.3) is 0 Å². The zero-order valence-corrected chi connectivity index (χ0v) is 13.4. The molecule has 0 unspecified atom stereocenters. The highest BCUT2D eigenvalue weighted by Gasteiger charge is 2.16. The van der Waals surface area contributed by atoms with E-state index in [-0.39, 0.29) is 12.1 Å². The standard InChI is InChI=1S/C16H22ClN2O2/c1-11-9-13(10-12(2)15(11)17)5-8-21-16(20)19-14-3-6-18-7-4-14/h9-10,14H,3-8H2,1-2H3,(H,19,20). The van der Waals surface area contributed by atoms with Crippen molar-refractivity contribution in [3.63, 3.8) is 0 Å². The number of alkyl carbamates (subject to hydrolysis) is 1. The Morgan fingerprint density at radius 3 is 2.57 bits per heavy atom. The van der Waals surface area contributed by atoms with Gasteiger partial charge in [0.1, 0.15) is 0 Å². The van der Waals surface area contributed by atoms with E-state index >= 15 is 0 Å². The molecule has 0 saturated carbocycles. The van der Waals surface area contributed by atoms with Crippen molar-refractivity contribution < 1.29 is 9.53 Å². The summed E-state index contributed by atoms with van der Waals surface area (Å²) in [6, 6.07) is 4.29. The lowest BCUT2D eigenvalue weighted by Gasteiger charge is -2.22. The molecule has 1 aromatic carbocycles. The predicted octanol–water partition coefficient (Wildman–Crippen LogP) is 2.99.